The van der Waals surface area contributed by atoms with E-state index in [0.29, 0.717) is 11.2 Å². The lowest BCUT2D eigenvalue weighted by molar-refractivity contribution is -0.0399. The highest BCUT2D eigenvalue weighted by molar-refractivity contribution is 8.06. The molecule has 23 heavy (non-hydrogen) atoms. The monoisotopic (exact) mass is 379 g/mol. The average molecular weight is 379 g/mol. The third kappa shape index (κ3) is 3.59. The first-order chi connectivity index (χ1) is 10.7. The third-order valence-corrected chi connectivity index (χ3v) is 4.47. The fourth-order valence-corrected chi connectivity index (χ4v) is 3.15. The predicted octanol–water partition coefficient (Wildman–Crippen LogP) is -0.0548. The number of hydrogen-bond acceptors (Lipinski definition) is 8. The molecule has 0 spiro atoms. The number of aliphatic hydroxyl groups is 1. The Labute approximate surface area is 140 Å². The molecule has 2 aromatic rings. The number of rotatable bonds is 4. The summed E-state index contributed by atoms with van der Waals surface area (Å²) in [5.74, 6) is 0.143. The van der Waals surface area contributed by atoms with E-state index in [1.54, 1.807) is 4.57 Å². The van der Waals surface area contributed by atoms with Gasteiger partial charge < -0.3 is 34.9 Å². The number of nitrogens with zero attached hydrogens (tertiary/aromatic N) is 3. The molecule has 13 heteroatoms. The lowest BCUT2D eigenvalue weighted by atomic mass is 10.2. The Morgan fingerprint density at radius 3 is 3.00 bits per heavy atom. The van der Waals surface area contributed by atoms with Crippen LogP contribution >= 0.6 is 18.9 Å². The van der Waals surface area contributed by atoms with Crippen molar-refractivity contribution in [1.29, 1.82) is 0 Å². The van der Waals surface area contributed by atoms with Crippen LogP contribution in [0, 0.1) is 4.64 Å². The number of aromatic nitrogens is 4. The summed E-state index contributed by atoms with van der Waals surface area (Å²) in [6.45, 7) is -4.03. The number of aromatic amines is 1. The Bertz CT molecular complexity index is 835. The molecule has 0 saturated carbocycles. The summed E-state index contributed by atoms with van der Waals surface area (Å²) in [5.41, 5.74) is 6.64. The van der Waals surface area contributed by atoms with Gasteiger partial charge in [-0.15, -0.1) is 0 Å². The van der Waals surface area contributed by atoms with Crippen molar-refractivity contribution in [2.45, 2.75) is 24.9 Å². The van der Waals surface area contributed by atoms with Gasteiger partial charge in [0.05, 0.1) is 19.0 Å². The minimum absolute atomic E-state index is 0.143. The van der Waals surface area contributed by atoms with Crippen LogP contribution in [-0.2, 0) is 21.1 Å². The second kappa shape index (κ2) is 6.15. The van der Waals surface area contributed by atoms with E-state index in [1.807, 2.05) is 0 Å². The second-order valence-electron chi connectivity index (χ2n) is 4.99. The maximum atomic E-state index is 10.0. The zero-order chi connectivity index (χ0) is 16.8. The molecule has 10 nitrogen and oxygen atoms in total. The van der Waals surface area contributed by atoms with Gasteiger partial charge in [0.25, 0.3) is 0 Å². The zero-order valence-corrected chi connectivity index (χ0v) is 14.1. The molecule has 3 atom stereocenters. The molecule has 6 N–H and O–H groups in total. The largest absolute Gasteiger partial charge is 0.390 e. The van der Waals surface area contributed by atoms with Crippen LogP contribution in [0.25, 0.3) is 11.2 Å². The first-order valence-electron chi connectivity index (χ1n) is 6.50. The molecule has 1 saturated heterocycles. The van der Waals surface area contributed by atoms with E-state index in [2.05, 4.69) is 26.8 Å². The van der Waals surface area contributed by atoms with E-state index in [1.165, 1.54) is 6.33 Å². The number of anilines is 1. The molecule has 0 bridgehead atoms. The number of nitrogens with two attached hydrogens (primary N) is 1. The van der Waals surface area contributed by atoms with Gasteiger partial charge in [-0.3, -0.25) is 4.57 Å². The first kappa shape index (κ1) is 16.9. The number of nitrogens with one attached hydrogen (secondary N) is 1. The van der Waals surface area contributed by atoms with Crippen LogP contribution in [0.1, 0.15) is 12.6 Å². The minimum Gasteiger partial charge on any atom is -0.390 e. The number of aliphatic hydroxyl groups excluding tert-OH is 1. The van der Waals surface area contributed by atoms with Crippen LogP contribution in [0.2, 0.25) is 0 Å². The predicted molar refractivity (Wildman–Crippen MR) is 86.3 cm³/mol. The fourth-order valence-electron chi connectivity index (χ4n) is 2.38. The van der Waals surface area contributed by atoms with E-state index < -0.39 is 25.2 Å². The topological polar surface area (TPSA) is 152 Å². The van der Waals surface area contributed by atoms with Crippen molar-refractivity contribution in [1.82, 2.24) is 19.5 Å². The summed E-state index contributed by atoms with van der Waals surface area (Å²) in [7, 11) is 0. The Morgan fingerprint density at radius 2 is 2.30 bits per heavy atom. The van der Waals surface area contributed by atoms with Gasteiger partial charge in [0, 0.05) is 6.42 Å². The Kier molecular flexibility index (Phi) is 4.51. The van der Waals surface area contributed by atoms with Gasteiger partial charge in [-0.1, -0.05) is 12.2 Å². The molecular formula is C10H14N5O5PS2. The van der Waals surface area contributed by atoms with Crippen LogP contribution in [-0.4, -0.2) is 53.2 Å². The van der Waals surface area contributed by atoms with Crippen molar-refractivity contribution >= 4 is 47.9 Å². The van der Waals surface area contributed by atoms with Crippen LogP contribution in [0.3, 0.4) is 0 Å². The number of hydrogen-bond donors (Lipinski definition) is 5. The van der Waals surface area contributed by atoms with Gasteiger partial charge >= 0.3 is 6.72 Å². The highest BCUT2D eigenvalue weighted by Crippen LogP contribution is 2.39. The quantitative estimate of drug-likeness (QED) is 0.361. The Morgan fingerprint density at radius 1 is 1.57 bits per heavy atom. The molecule has 0 radical (unpaired) electrons. The molecule has 0 unspecified atom stereocenters. The van der Waals surface area contributed by atoms with Gasteiger partial charge in [-0.25, -0.2) is 9.97 Å². The summed E-state index contributed by atoms with van der Waals surface area (Å²) in [5, 5.41) is 10.0. The fraction of sp³-hybridized carbons (Fsp3) is 0.500. The molecule has 0 aliphatic carbocycles. The molecule has 0 aromatic carbocycles. The Balaban J connectivity index is 1.84. The van der Waals surface area contributed by atoms with Gasteiger partial charge in [-0.2, -0.15) is 0 Å². The maximum Gasteiger partial charge on any atom is 0.321 e. The van der Waals surface area contributed by atoms with E-state index in [4.69, 9.17) is 37.0 Å². The maximum absolute atomic E-state index is 10.0. The van der Waals surface area contributed by atoms with Crippen molar-refractivity contribution in [3.63, 3.8) is 0 Å². The summed E-state index contributed by atoms with van der Waals surface area (Å²) in [6, 6.07) is 0. The summed E-state index contributed by atoms with van der Waals surface area (Å²) in [6.07, 6.45) is -0.405. The standard InChI is InChI=1S/C10H14N5O5PS2/c11-10-13-8-7(9(22)14-10)12-3-15(8)6-1-4(16)5(20-6)2-19-21(17,18)23/h3-6,16H,1-2H2,(H2,17,18,23)(H3,11,13,14,22)/t4-,5+,6+/m0/s1. The summed E-state index contributed by atoms with van der Waals surface area (Å²) >= 11 is 9.47. The number of nitrogen functional groups attached to an aromatic ring is 1. The van der Waals surface area contributed by atoms with Crippen LogP contribution in [0.15, 0.2) is 6.33 Å². The van der Waals surface area contributed by atoms with Gasteiger partial charge in [-0.05, 0) is 11.8 Å². The van der Waals surface area contributed by atoms with Gasteiger partial charge in [0.2, 0.25) is 0 Å². The van der Waals surface area contributed by atoms with E-state index in [-0.39, 0.29) is 23.6 Å². The van der Waals surface area contributed by atoms with E-state index >= 15 is 0 Å². The lowest BCUT2D eigenvalue weighted by Gasteiger charge is -2.17. The van der Waals surface area contributed by atoms with Crippen LogP contribution < -0.4 is 5.73 Å². The molecule has 126 valence electrons. The number of fused-ring (bicyclic) bond motifs is 1. The highest BCUT2D eigenvalue weighted by Gasteiger charge is 2.36. The first-order valence-corrected chi connectivity index (χ1v) is 9.54. The van der Waals surface area contributed by atoms with Crippen molar-refractivity contribution < 1.29 is 24.2 Å². The Hall–Kier alpha value is -0.980. The van der Waals surface area contributed by atoms with Crippen molar-refractivity contribution in [2.75, 3.05) is 12.3 Å². The molecule has 3 rings (SSSR count). The second-order valence-corrected chi connectivity index (χ2v) is 8.05. The lowest BCUT2D eigenvalue weighted by Crippen LogP contribution is -2.25. The number of imidazole rings is 1. The van der Waals surface area contributed by atoms with Crippen molar-refractivity contribution in [3.8, 4) is 0 Å². The molecule has 1 aliphatic rings. The molecule has 2 aromatic heterocycles. The van der Waals surface area contributed by atoms with Crippen LogP contribution in [0.4, 0.5) is 5.95 Å². The molecule has 1 aliphatic heterocycles. The zero-order valence-electron chi connectivity index (χ0n) is 11.6. The highest BCUT2D eigenvalue weighted by atomic mass is 32.5. The van der Waals surface area contributed by atoms with Gasteiger partial charge in [0.1, 0.15) is 23.5 Å². The SMILES string of the molecule is Nc1nc(=S)c2ncn([C@H]3C[C@H](O)[C@@H](COP(O)(O)=S)O3)c2[nH]1. The molecule has 0 amide bonds. The number of ether oxygens (including phenoxy) is 1. The molecule has 3 heterocycles. The van der Waals surface area contributed by atoms with Crippen LogP contribution in [0.5, 0.6) is 0 Å². The average Bonchev–Trinajstić information content (AvgIpc) is 2.99. The summed E-state index contributed by atoms with van der Waals surface area (Å²) in [4.78, 5) is 29.1. The van der Waals surface area contributed by atoms with Crippen molar-refractivity contribution in [2.24, 2.45) is 0 Å². The van der Waals surface area contributed by atoms with E-state index in [9.17, 15) is 5.11 Å². The van der Waals surface area contributed by atoms with Gasteiger partial charge in [0.15, 0.2) is 10.6 Å². The van der Waals surface area contributed by atoms with E-state index in [0.717, 1.165) is 0 Å². The minimum atomic E-state index is -3.80. The smallest absolute Gasteiger partial charge is 0.321 e. The molecule has 1 fully saturated rings. The summed E-state index contributed by atoms with van der Waals surface area (Å²) < 4.78 is 12.3. The van der Waals surface area contributed by atoms with Crippen molar-refractivity contribution in [3.05, 3.63) is 11.0 Å². The third-order valence-electron chi connectivity index (χ3n) is 3.39. The normalized spacial score (nSPS) is 25.3. The molecular weight excluding hydrogens is 365 g/mol. The number of H-pyrrole nitrogens is 1.